The molecule has 38 valence electrons. The molecule has 0 radical (unpaired) electrons. The molecule has 0 saturated carbocycles. The average molecular weight is 120 g/mol. The van der Waals surface area contributed by atoms with Gasteiger partial charge in [-0.05, 0) is 0 Å². The van der Waals surface area contributed by atoms with Crippen molar-refractivity contribution in [3.63, 3.8) is 0 Å². The molecule has 2 nitrogen and oxygen atoms in total. The molecule has 0 aromatic rings. The van der Waals surface area contributed by atoms with Crippen LogP contribution in [0.4, 0.5) is 0 Å². The number of hydrogen-bond donors (Lipinski definition) is 0. The fourth-order valence-electron chi connectivity index (χ4n) is 0. The van der Waals surface area contributed by atoms with E-state index in [9.17, 15) is 0 Å². The van der Waals surface area contributed by atoms with Crippen molar-refractivity contribution in [2.24, 2.45) is 0 Å². The summed E-state index contributed by atoms with van der Waals surface area (Å²) in [6.07, 6.45) is 0. The Bertz CT molecular complexity index is 30.5. The summed E-state index contributed by atoms with van der Waals surface area (Å²) in [5.74, 6) is 0. The predicted molar refractivity (Wildman–Crippen MR) is 35.4 cm³/mol. The lowest BCUT2D eigenvalue weighted by Crippen LogP contribution is -2.31. The maximum absolute atomic E-state index is 2.28. The molecule has 4 heteroatoms. The summed E-state index contributed by atoms with van der Waals surface area (Å²) in [5, 5.41) is 2.12. The van der Waals surface area contributed by atoms with Gasteiger partial charge in [0.25, 0.3) is 0 Å². The van der Waals surface area contributed by atoms with Gasteiger partial charge in [-0.15, -0.1) is 0 Å². The number of hydrazine groups is 1. The van der Waals surface area contributed by atoms with E-state index >= 15 is 0 Å². The van der Waals surface area contributed by atoms with E-state index in [0.717, 1.165) is 0 Å². The van der Waals surface area contributed by atoms with Crippen LogP contribution in [0, 0.1) is 0 Å². The van der Waals surface area contributed by atoms with E-state index in [-0.39, 0.29) is 0 Å². The van der Waals surface area contributed by atoms with Crippen molar-refractivity contribution >= 4 is 20.8 Å². The number of rotatable bonds is 1. The van der Waals surface area contributed by atoms with Gasteiger partial charge in [-0.3, -0.25) is 5.01 Å². The fraction of sp³-hybridized carbons (Fsp3) is 1.00. The fourth-order valence-corrected chi connectivity index (χ4v) is 0. The maximum atomic E-state index is 2.28. The van der Waals surface area contributed by atoms with Crippen molar-refractivity contribution in [2.45, 2.75) is 0 Å². The van der Waals surface area contributed by atoms with Crippen molar-refractivity contribution in [2.75, 3.05) is 14.1 Å². The van der Waals surface area contributed by atoms with Gasteiger partial charge in [0.15, 0.2) is 0 Å². The highest BCUT2D eigenvalue weighted by molar-refractivity contribution is 6.24. The first-order chi connectivity index (χ1) is 2.64. The Morgan fingerprint density at radius 1 is 1.17 bits per heavy atom. The lowest BCUT2D eigenvalue weighted by Gasteiger charge is -2.18. The third kappa shape index (κ3) is 2.58. The molecule has 0 aliphatic carbocycles. The maximum Gasteiger partial charge on any atom is 0.0874 e. The topological polar surface area (TPSA) is 6.48 Å². The molecule has 0 amide bonds. The molecule has 0 N–H and O–H groups in total. The minimum absolute atomic E-state index is 1.17. The lowest BCUT2D eigenvalue weighted by atomic mass is 11.2. The molecule has 0 saturated heterocycles. The molecule has 0 aromatic carbocycles. The zero-order valence-electron chi connectivity index (χ0n) is 4.89. The van der Waals surface area contributed by atoms with E-state index in [1.807, 2.05) is 0 Å². The Labute approximate surface area is 45.1 Å². The van der Waals surface area contributed by atoms with E-state index in [0.29, 0.717) is 0 Å². The summed E-state index contributed by atoms with van der Waals surface area (Å²) in [6, 6.07) is 0. The van der Waals surface area contributed by atoms with E-state index in [2.05, 4.69) is 23.4 Å². The number of nitrogens with zero attached hydrogens (tertiary/aromatic N) is 2. The minimum atomic E-state index is 1.17. The highest BCUT2D eigenvalue weighted by atomic mass is 28.2. The van der Waals surface area contributed by atoms with E-state index in [4.69, 9.17) is 0 Å². The molecule has 0 heterocycles. The van der Waals surface area contributed by atoms with Crippen LogP contribution in [-0.2, 0) is 0 Å². The smallest absolute Gasteiger partial charge is 0.0874 e. The summed E-state index contributed by atoms with van der Waals surface area (Å²) < 4.78 is 2.28. The summed E-state index contributed by atoms with van der Waals surface area (Å²) in [7, 11) is 6.49. The van der Waals surface area contributed by atoms with Crippen LogP contribution in [0.3, 0.4) is 0 Å². The molecule has 0 spiro atoms. The summed E-state index contributed by atoms with van der Waals surface area (Å²) in [5.41, 5.74) is 0. The monoisotopic (exact) mass is 120 g/mol. The first-order valence-corrected chi connectivity index (χ1v) is 3.78. The highest BCUT2D eigenvalue weighted by Crippen LogP contribution is 1.69. The molecule has 0 bridgehead atoms. The van der Waals surface area contributed by atoms with Crippen LogP contribution in [0.1, 0.15) is 0 Å². The van der Waals surface area contributed by atoms with Gasteiger partial charge < -0.3 is 4.34 Å². The second kappa shape index (κ2) is 2.51. The first-order valence-electron chi connectivity index (χ1n) is 1.99. The Morgan fingerprint density at radius 3 is 1.33 bits per heavy atom. The molecule has 0 aliphatic heterocycles. The van der Waals surface area contributed by atoms with Gasteiger partial charge in [0.2, 0.25) is 0 Å². The third-order valence-corrected chi connectivity index (χ3v) is 2.40. The standard InChI is InChI=1S/C2H12N2Si2/c1-3(2)4(5)6/h1-2,5-6H3. The summed E-state index contributed by atoms with van der Waals surface area (Å²) >= 11 is 0. The van der Waals surface area contributed by atoms with E-state index < -0.39 is 0 Å². The van der Waals surface area contributed by atoms with Gasteiger partial charge >= 0.3 is 0 Å². The van der Waals surface area contributed by atoms with E-state index in [1.54, 1.807) is 0 Å². The van der Waals surface area contributed by atoms with Crippen LogP contribution < -0.4 is 0 Å². The van der Waals surface area contributed by atoms with Crippen LogP contribution in [0.25, 0.3) is 0 Å². The average Bonchev–Trinajstić information content (AvgIpc) is 1.36. The molecular formula is C2H12N2Si2. The Morgan fingerprint density at radius 2 is 1.33 bits per heavy atom. The molecule has 6 heavy (non-hydrogen) atoms. The molecule has 0 aliphatic rings. The molecule has 0 fully saturated rings. The summed E-state index contributed by atoms with van der Waals surface area (Å²) in [6.45, 7) is 0. The first kappa shape index (κ1) is 6.35. The quantitative estimate of drug-likeness (QED) is 0.275. The van der Waals surface area contributed by atoms with Gasteiger partial charge in [0, 0.05) is 14.1 Å². The van der Waals surface area contributed by atoms with Crippen molar-refractivity contribution in [1.82, 2.24) is 9.35 Å². The Kier molecular flexibility index (Phi) is 2.66. The minimum Gasteiger partial charge on any atom is -0.303 e. The second-order valence-electron chi connectivity index (χ2n) is 1.69. The van der Waals surface area contributed by atoms with Gasteiger partial charge in [-0.25, -0.2) is 0 Å². The Hall–Kier alpha value is 0.354. The molecule has 0 aromatic heterocycles. The largest absolute Gasteiger partial charge is 0.303 e. The normalized spacial score (nSPS) is 12.0. The van der Waals surface area contributed by atoms with Crippen LogP contribution in [0.15, 0.2) is 0 Å². The van der Waals surface area contributed by atoms with Crippen molar-refractivity contribution in [3.05, 3.63) is 0 Å². The number of hydrogen-bond acceptors (Lipinski definition) is 2. The van der Waals surface area contributed by atoms with Gasteiger partial charge in [-0.2, -0.15) is 0 Å². The predicted octanol–water partition coefficient (Wildman–Crippen LogP) is -2.67. The van der Waals surface area contributed by atoms with Gasteiger partial charge in [0.05, 0.1) is 20.8 Å². The van der Waals surface area contributed by atoms with E-state index in [1.165, 1.54) is 20.8 Å². The lowest BCUT2D eigenvalue weighted by molar-refractivity contribution is 0.238. The summed E-state index contributed by atoms with van der Waals surface area (Å²) in [4.78, 5) is 0. The van der Waals surface area contributed by atoms with Crippen LogP contribution in [0.2, 0.25) is 0 Å². The van der Waals surface area contributed by atoms with Crippen molar-refractivity contribution in [3.8, 4) is 0 Å². The second-order valence-corrected chi connectivity index (χ2v) is 6.07. The zero-order valence-corrected chi connectivity index (χ0v) is 8.89. The van der Waals surface area contributed by atoms with Crippen LogP contribution >= 0.6 is 0 Å². The molecule has 0 rings (SSSR count). The van der Waals surface area contributed by atoms with Crippen LogP contribution in [0.5, 0.6) is 0 Å². The Balaban J connectivity index is 2.99. The van der Waals surface area contributed by atoms with Crippen molar-refractivity contribution < 1.29 is 0 Å². The van der Waals surface area contributed by atoms with Gasteiger partial charge in [-0.1, -0.05) is 0 Å². The van der Waals surface area contributed by atoms with Crippen LogP contribution in [-0.4, -0.2) is 44.3 Å². The third-order valence-electron chi connectivity index (χ3n) is 0.800. The van der Waals surface area contributed by atoms with Crippen molar-refractivity contribution in [1.29, 1.82) is 0 Å². The SMILES string of the molecule is CN(C)N([SiH3])[SiH3]. The highest BCUT2D eigenvalue weighted by Gasteiger charge is 1.84. The van der Waals surface area contributed by atoms with Gasteiger partial charge in [0.1, 0.15) is 0 Å². The molecule has 0 unspecified atom stereocenters. The molecule has 0 atom stereocenters. The zero-order chi connectivity index (χ0) is 5.15. The molecular weight excluding hydrogens is 108 g/mol.